The van der Waals surface area contributed by atoms with Crippen LogP contribution in [-0.4, -0.2) is 42.3 Å². The van der Waals surface area contributed by atoms with Crippen LogP contribution in [0.5, 0.6) is 0 Å². The molecule has 1 rings (SSSR count). The van der Waals surface area contributed by atoms with Crippen LogP contribution in [0.1, 0.15) is 6.42 Å². The highest BCUT2D eigenvalue weighted by molar-refractivity contribution is 4.89. The van der Waals surface area contributed by atoms with Gasteiger partial charge in [-0.15, -0.1) is 0 Å². The van der Waals surface area contributed by atoms with Crippen LogP contribution < -0.4 is 5.73 Å². The Bertz CT molecular complexity index is 107. The van der Waals surface area contributed by atoms with E-state index in [4.69, 9.17) is 5.73 Å². The van der Waals surface area contributed by atoms with Crippen LogP contribution >= 0.6 is 0 Å². The standard InChI is InChI=1S/C6H14N2O/c1-8-3-2-6(9,4-7)5-8/h9H,2-5,7H2,1H3/t6-/m0/s1. The molecule has 3 N–H and O–H groups in total. The number of likely N-dealkylation sites (tertiary alicyclic amines) is 1. The van der Waals surface area contributed by atoms with Crippen molar-refractivity contribution in [2.75, 3.05) is 26.7 Å². The van der Waals surface area contributed by atoms with Crippen LogP contribution in [0.2, 0.25) is 0 Å². The molecule has 0 aliphatic carbocycles. The molecule has 3 nitrogen and oxygen atoms in total. The maximum Gasteiger partial charge on any atom is 0.0907 e. The van der Waals surface area contributed by atoms with E-state index in [1.807, 2.05) is 7.05 Å². The fourth-order valence-electron chi connectivity index (χ4n) is 1.23. The van der Waals surface area contributed by atoms with Crippen molar-refractivity contribution in [3.63, 3.8) is 0 Å². The number of hydrogen-bond acceptors (Lipinski definition) is 3. The van der Waals surface area contributed by atoms with Crippen LogP contribution in [0.15, 0.2) is 0 Å². The average Bonchev–Trinajstić information content (AvgIpc) is 2.13. The van der Waals surface area contributed by atoms with E-state index in [-0.39, 0.29) is 0 Å². The maximum atomic E-state index is 9.50. The van der Waals surface area contributed by atoms with E-state index in [1.165, 1.54) is 0 Å². The molecular weight excluding hydrogens is 116 g/mol. The molecular formula is C6H14N2O. The predicted octanol–water partition coefficient (Wildman–Crippen LogP) is -0.988. The summed E-state index contributed by atoms with van der Waals surface area (Å²) in [6, 6.07) is 0. The van der Waals surface area contributed by atoms with Gasteiger partial charge in [0.05, 0.1) is 5.60 Å². The molecule has 0 spiro atoms. The summed E-state index contributed by atoms with van der Waals surface area (Å²) < 4.78 is 0. The van der Waals surface area contributed by atoms with Gasteiger partial charge in [-0.1, -0.05) is 0 Å². The molecule has 0 saturated carbocycles. The van der Waals surface area contributed by atoms with Crippen LogP contribution in [0, 0.1) is 0 Å². The first-order valence-corrected chi connectivity index (χ1v) is 3.27. The number of aliphatic hydroxyl groups is 1. The third-order valence-electron chi connectivity index (χ3n) is 1.90. The Kier molecular flexibility index (Phi) is 1.75. The van der Waals surface area contributed by atoms with Gasteiger partial charge in [0.1, 0.15) is 0 Å². The second-order valence-electron chi connectivity index (χ2n) is 2.92. The molecule has 0 unspecified atom stereocenters. The highest BCUT2D eigenvalue weighted by atomic mass is 16.3. The Hall–Kier alpha value is -0.120. The fourth-order valence-corrected chi connectivity index (χ4v) is 1.23. The van der Waals surface area contributed by atoms with Crippen LogP contribution in [-0.2, 0) is 0 Å². The molecule has 1 aliphatic heterocycles. The number of rotatable bonds is 1. The van der Waals surface area contributed by atoms with Crippen LogP contribution in [0.3, 0.4) is 0 Å². The van der Waals surface area contributed by atoms with Crippen molar-refractivity contribution in [2.24, 2.45) is 5.73 Å². The zero-order chi connectivity index (χ0) is 6.91. The van der Waals surface area contributed by atoms with Gasteiger partial charge in [0.2, 0.25) is 0 Å². The summed E-state index contributed by atoms with van der Waals surface area (Å²) in [6.07, 6.45) is 0.819. The molecule has 0 bridgehead atoms. The number of likely N-dealkylation sites (N-methyl/N-ethyl adjacent to an activating group) is 1. The largest absolute Gasteiger partial charge is 0.387 e. The lowest BCUT2D eigenvalue weighted by atomic mass is 10.0. The molecule has 1 saturated heterocycles. The minimum atomic E-state index is -0.589. The molecule has 0 aromatic carbocycles. The second kappa shape index (κ2) is 2.25. The number of nitrogens with two attached hydrogens (primary N) is 1. The second-order valence-corrected chi connectivity index (χ2v) is 2.92. The highest BCUT2D eigenvalue weighted by Crippen LogP contribution is 2.17. The fraction of sp³-hybridized carbons (Fsp3) is 1.00. The maximum absolute atomic E-state index is 9.50. The molecule has 54 valence electrons. The Morgan fingerprint density at radius 2 is 2.44 bits per heavy atom. The lowest BCUT2D eigenvalue weighted by Crippen LogP contribution is -2.39. The SMILES string of the molecule is CN1CC[C@](O)(CN)C1. The van der Waals surface area contributed by atoms with Gasteiger partial charge in [-0.05, 0) is 13.5 Å². The smallest absolute Gasteiger partial charge is 0.0907 e. The summed E-state index contributed by atoms with van der Waals surface area (Å²) in [7, 11) is 1.99. The van der Waals surface area contributed by atoms with Crippen molar-refractivity contribution < 1.29 is 5.11 Å². The van der Waals surface area contributed by atoms with Crippen molar-refractivity contribution in [1.29, 1.82) is 0 Å². The van der Waals surface area contributed by atoms with Gasteiger partial charge in [0.25, 0.3) is 0 Å². The molecule has 1 fully saturated rings. The van der Waals surface area contributed by atoms with E-state index in [0.29, 0.717) is 6.54 Å². The van der Waals surface area contributed by atoms with Crippen molar-refractivity contribution in [2.45, 2.75) is 12.0 Å². The van der Waals surface area contributed by atoms with E-state index in [0.717, 1.165) is 19.5 Å². The first-order chi connectivity index (χ1) is 4.16. The number of β-amino-alcohol motifs (C(OH)–C–C–N with tert-alkyl or cyclic N) is 1. The Morgan fingerprint density at radius 3 is 2.67 bits per heavy atom. The van der Waals surface area contributed by atoms with Gasteiger partial charge in [0, 0.05) is 19.6 Å². The minimum Gasteiger partial charge on any atom is -0.387 e. The third-order valence-corrected chi connectivity index (χ3v) is 1.90. The van der Waals surface area contributed by atoms with Gasteiger partial charge in [-0.25, -0.2) is 0 Å². The molecule has 1 atom stereocenters. The van der Waals surface area contributed by atoms with Gasteiger partial charge in [-0.3, -0.25) is 0 Å². The van der Waals surface area contributed by atoms with Gasteiger partial charge in [-0.2, -0.15) is 0 Å². The van der Waals surface area contributed by atoms with E-state index in [9.17, 15) is 5.11 Å². The highest BCUT2D eigenvalue weighted by Gasteiger charge is 2.32. The van der Waals surface area contributed by atoms with Crippen molar-refractivity contribution >= 4 is 0 Å². The molecule has 0 amide bonds. The summed E-state index contributed by atoms with van der Waals surface area (Å²) in [6.45, 7) is 2.08. The lowest BCUT2D eigenvalue weighted by molar-refractivity contribution is 0.0610. The number of hydrogen-bond donors (Lipinski definition) is 2. The third kappa shape index (κ3) is 1.41. The molecule has 0 aromatic rings. The van der Waals surface area contributed by atoms with Crippen molar-refractivity contribution in [3.05, 3.63) is 0 Å². The summed E-state index contributed by atoms with van der Waals surface area (Å²) in [4.78, 5) is 2.09. The quantitative estimate of drug-likeness (QED) is 0.479. The summed E-state index contributed by atoms with van der Waals surface area (Å²) >= 11 is 0. The summed E-state index contributed by atoms with van der Waals surface area (Å²) in [5.41, 5.74) is 4.77. The average molecular weight is 130 g/mol. The molecule has 3 heteroatoms. The molecule has 9 heavy (non-hydrogen) atoms. The predicted molar refractivity (Wildman–Crippen MR) is 36.1 cm³/mol. The van der Waals surface area contributed by atoms with Crippen LogP contribution in [0.25, 0.3) is 0 Å². The van der Waals surface area contributed by atoms with E-state index in [1.54, 1.807) is 0 Å². The van der Waals surface area contributed by atoms with E-state index in [2.05, 4.69) is 4.90 Å². The van der Waals surface area contributed by atoms with Crippen molar-refractivity contribution in [1.82, 2.24) is 4.90 Å². The molecule has 1 heterocycles. The Balaban J connectivity index is 2.45. The zero-order valence-electron chi connectivity index (χ0n) is 5.80. The number of nitrogens with zero attached hydrogens (tertiary/aromatic N) is 1. The van der Waals surface area contributed by atoms with Crippen LogP contribution in [0.4, 0.5) is 0 Å². The molecule has 0 aromatic heterocycles. The Labute approximate surface area is 55.5 Å². The first kappa shape index (κ1) is 6.99. The first-order valence-electron chi connectivity index (χ1n) is 3.27. The van der Waals surface area contributed by atoms with Gasteiger partial charge < -0.3 is 15.7 Å². The van der Waals surface area contributed by atoms with E-state index < -0.39 is 5.60 Å². The minimum absolute atomic E-state index is 0.386. The van der Waals surface area contributed by atoms with Gasteiger partial charge in [0.15, 0.2) is 0 Å². The zero-order valence-corrected chi connectivity index (χ0v) is 5.80. The summed E-state index contributed by atoms with van der Waals surface area (Å²) in [5, 5.41) is 9.50. The van der Waals surface area contributed by atoms with E-state index >= 15 is 0 Å². The molecule has 0 radical (unpaired) electrons. The molecule has 1 aliphatic rings. The van der Waals surface area contributed by atoms with Crippen molar-refractivity contribution in [3.8, 4) is 0 Å². The topological polar surface area (TPSA) is 49.5 Å². The normalized spacial score (nSPS) is 37.7. The van der Waals surface area contributed by atoms with Gasteiger partial charge >= 0.3 is 0 Å². The summed E-state index contributed by atoms with van der Waals surface area (Å²) in [5.74, 6) is 0. The Morgan fingerprint density at radius 1 is 1.78 bits per heavy atom. The monoisotopic (exact) mass is 130 g/mol. The lowest BCUT2D eigenvalue weighted by Gasteiger charge is -2.18.